The van der Waals surface area contributed by atoms with Crippen LogP contribution < -0.4 is 4.74 Å². The SMILES string of the molecule is Cc1cc2c(Cl)ccnc2cc1OCCCN1CCOCC1. The van der Waals surface area contributed by atoms with E-state index in [0.29, 0.717) is 6.61 Å². The molecule has 0 unspecified atom stereocenters. The molecule has 0 spiro atoms. The molecule has 1 aromatic heterocycles. The van der Waals surface area contributed by atoms with Crippen molar-refractivity contribution in [1.29, 1.82) is 0 Å². The summed E-state index contributed by atoms with van der Waals surface area (Å²) in [5.74, 6) is 0.893. The predicted octanol–water partition coefficient (Wildman–Crippen LogP) is 3.30. The van der Waals surface area contributed by atoms with Gasteiger partial charge in [0, 0.05) is 37.3 Å². The summed E-state index contributed by atoms with van der Waals surface area (Å²) < 4.78 is 11.3. The number of halogens is 1. The van der Waals surface area contributed by atoms with E-state index in [1.807, 2.05) is 25.1 Å². The van der Waals surface area contributed by atoms with Crippen LogP contribution in [0, 0.1) is 6.92 Å². The Morgan fingerprint density at radius 2 is 2.14 bits per heavy atom. The van der Waals surface area contributed by atoms with Gasteiger partial charge in [0.2, 0.25) is 0 Å². The first kappa shape index (κ1) is 15.5. The van der Waals surface area contributed by atoms with Crippen LogP contribution in [0.2, 0.25) is 5.02 Å². The molecule has 1 saturated heterocycles. The lowest BCUT2D eigenvalue weighted by Gasteiger charge is -2.26. The molecular weight excluding hydrogens is 300 g/mol. The standard InChI is InChI=1S/C17H21ClN2O2/c1-13-11-14-15(18)3-4-19-16(14)12-17(13)22-8-2-5-20-6-9-21-10-7-20/h3-4,11-12H,2,5-10H2,1H3. The number of hydrogen-bond acceptors (Lipinski definition) is 4. The van der Waals surface area contributed by atoms with Crippen LogP contribution in [0.5, 0.6) is 5.75 Å². The lowest BCUT2D eigenvalue weighted by Crippen LogP contribution is -2.37. The van der Waals surface area contributed by atoms with Gasteiger partial charge in [-0.05, 0) is 31.0 Å². The maximum absolute atomic E-state index is 6.20. The molecule has 2 aromatic rings. The first-order valence-corrected chi connectivity index (χ1v) is 8.09. The lowest BCUT2D eigenvalue weighted by atomic mass is 10.1. The first-order valence-electron chi connectivity index (χ1n) is 7.72. The average molecular weight is 321 g/mol. The Bertz CT molecular complexity index is 642. The number of pyridine rings is 1. The van der Waals surface area contributed by atoms with Crippen LogP contribution in [-0.2, 0) is 4.74 Å². The van der Waals surface area contributed by atoms with Crippen molar-refractivity contribution in [2.24, 2.45) is 0 Å². The van der Waals surface area contributed by atoms with Gasteiger partial charge in [0.1, 0.15) is 5.75 Å². The monoisotopic (exact) mass is 320 g/mol. The normalized spacial score (nSPS) is 16.1. The zero-order chi connectivity index (χ0) is 15.4. The van der Waals surface area contributed by atoms with E-state index in [1.54, 1.807) is 6.20 Å². The number of nitrogens with zero attached hydrogens (tertiary/aromatic N) is 2. The lowest BCUT2D eigenvalue weighted by molar-refractivity contribution is 0.0358. The van der Waals surface area contributed by atoms with Crippen molar-refractivity contribution in [1.82, 2.24) is 9.88 Å². The molecule has 1 aliphatic rings. The van der Waals surface area contributed by atoms with Crippen molar-refractivity contribution >= 4 is 22.5 Å². The Kier molecular flexibility index (Phi) is 5.13. The fourth-order valence-electron chi connectivity index (χ4n) is 2.70. The molecule has 0 bridgehead atoms. The minimum Gasteiger partial charge on any atom is -0.493 e. The van der Waals surface area contributed by atoms with Gasteiger partial charge in [0.15, 0.2) is 0 Å². The molecule has 118 valence electrons. The highest BCUT2D eigenvalue weighted by atomic mass is 35.5. The van der Waals surface area contributed by atoms with E-state index in [9.17, 15) is 0 Å². The van der Waals surface area contributed by atoms with Gasteiger partial charge in [-0.2, -0.15) is 0 Å². The van der Waals surface area contributed by atoms with E-state index < -0.39 is 0 Å². The second-order valence-corrected chi connectivity index (χ2v) is 5.99. The fourth-order valence-corrected chi connectivity index (χ4v) is 2.91. The molecule has 0 atom stereocenters. The van der Waals surface area contributed by atoms with Crippen LogP contribution in [0.3, 0.4) is 0 Å². The zero-order valence-corrected chi connectivity index (χ0v) is 13.6. The third-order valence-corrected chi connectivity index (χ3v) is 4.29. The van der Waals surface area contributed by atoms with Gasteiger partial charge in [-0.1, -0.05) is 11.6 Å². The number of morpholine rings is 1. The summed E-state index contributed by atoms with van der Waals surface area (Å²) in [7, 11) is 0. The van der Waals surface area contributed by atoms with E-state index >= 15 is 0 Å². The Morgan fingerprint density at radius 1 is 1.32 bits per heavy atom. The summed E-state index contributed by atoms with van der Waals surface area (Å²) >= 11 is 6.20. The summed E-state index contributed by atoms with van der Waals surface area (Å²) in [6, 6.07) is 5.83. The van der Waals surface area contributed by atoms with Crippen molar-refractivity contribution in [3.63, 3.8) is 0 Å². The molecule has 1 aromatic carbocycles. The van der Waals surface area contributed by atoms with Gasteiger partial charge >= 0.3 is 0 Å². The van der Waals surface area contributed by atoms with E-state index in [-0.39, 0.29) is 0 Å². The maximum Gasteiger partial charge on any atom is 0.124 e. The molecule has 4 nitrogen and oxygen atoms in total. The molecule has 0 saturated carbocycles. The minimum atomic E-state index is 0.713. The number of rotatable bonds is 5. The maximum atomic E-state index is 6.20. The second-order valence-electron chi connectivity index (χ2n) is 5.58. The van der Waals surface area contributed by atoms with Crippen molar-refractivity contribution in [2.75, 3.05) is 39.5 Å². The summed E-state index contributed by atoms with van der Waals surface area (Å²) in [6.07, 6.45) is 2.74. The van der Waals surface area contributed by atoms with Crippen molar-refractivity contribution < 1.29 is 9.47 Å². The molecule has 1 aliphatic heterocycles. The van der Waals surface area contributed by atoms with Gasteiger partial charge in [-0.15, -0.1) is 0 Å². The number of hydrogen-bond donors (Lipinski definition) is 0. The number of ether oxygens (including phenoxy) is 2. The predicted molar refractivity (Wildman–Crippen MR) is 88.9 cm³/mol. The molecule has 0 N–H and O–H groups in total. The van der Waals surface area contributed by atoms with Crippen molar-refractivity contribution in [3.8, 4) is 5.75 Å². The van der Waals surface area contributed by atoms with Crippen molar-refractivity contribution in [2.45, 2.75) is 13.3 Å². The van der Waals surface area contributed by atoms with Crippen molar-refractivity contribution in [3.05, 3.63) is 35.0 Å². The smallest absolute Gasteiger partial charge is 0.124 e. The number of benzene rings is 1. The van der Waals surface area contributed by atoms with Gasteiger partial charge in [-0.3, -0.25) is 9.88 Å². The highest BCUT2D eigenvalue weighted by Crippen LogP contribution is 2.28. The van der Waals surface area contributed by atoms with Crippen LogP contribution in [0.25, 0.3) is 10.9 Å². The number of aryl methyl sites for hydroxylation is 1. The Hall–Kier alpha value is -1.36. The van der Waals surface area contributed by atoms with Crippen LogP contribution in [0.15, 0.2) is 24.4 Å². The molecule has 3 rings (SSSR count). The molecule has 5 heteroatoms. The second kappa shape index (κ2) is 7.27. The highest BCUT2D eigenvalue weighted by molar-refractivity contribution is 6.35. The highest BCUT2D eigenvalue weighted by Gasteiger charge is 2.10. The Morgan fingerprint density at radius 3 is 2.95 bits per heavy atom. The van der Waals surface area contributed by atoms with Gasteiger partial charge in [0.05, 0.1) is 30.4 Å². The van der Waals surface area contributed by atoms with Crippen LogP contribution in [0.1, 0.15) is 12.0 Å². The van der Waals surface area contributed by atoms with E-state index in [1.165, 1.54) is 0 Å². The largest absolute Gasteiger partial charge is 0.493 e. The molecule has 2 heterocycles. The molecule has 0 aliphatic carbocycles. The topological polar surface area (TPSA) is 34.6 Å². The summed E-state index contributed by atoms with van der Waals surface area (Å²) in [6.45, 7) is 7.55. The molecular formula is C17H21ClN2O2. The van der Waals surface area contributed by atoms with Gasteiger partial charge < -0.3 is 9.47 Å². The van der Waals surface area contributed by atoms with Gasteiger partial charge in [-0.25, -0.2) is 0 Å². The summed E-state index contributed by atoms with van der Waals surface area (Å²) in [4.78, 5) is 6.78. The van der Waals surface area contributed by atoms with Crippen LogP contribution in [-0.4, -0.2) is 49.3 Å². The average Bonchev–Trinajstić information content (AvgIpc) is 2.54. The third-order valence-electron chi connectivity index (χ3n) is 3.97. The molecule has 0 amide bonds. The number of aromatic nitrogens is 1. The fraction of sp³-hybridized carbons (Fsp3) is 0.471. The number of fused-ring (bicyclic) bond motifs is 1. The first-order chi connectivity index (χ1) is 10.7. The van der Waals surface area contributed by atoms with E-state index in [4.69, 9.17) is 21.1 Å². The summed E-state index contributed by atoms with van der Waals surface area (Å²) in [5, 5.41) is 1.70. The van der Waals surface area contributed by atoms with Crippen LogP contribution >= 0.6 is 11.6 Å². The molecule has 1 fully saturated rings. The molecule has 22 heavy (non-hydrogen) atoms. The van der Waals surface area contributed by atoms with Gasteiger partial charge in [0.25, 0.3) is 0 Å². The Balaban J connectivity index is 1.58. The summed E-state index contributed by atoms with van der Waals surface area (Å²) in [5.41, 5.74) is 1.97. The third kappa shape index (κ3) is 3.69. The zero-order valence-electron chi connectivity index (χ0n) is 12.8. The molecule has 0 radical (unpaired) electrons. The van der Waals surface area contributed by atoms with E-state index in [0.717, 1.165) is 66.5 Å². The Labute approximate surface area is 136 Å². The van der Waals surface area contributed by atoms with Crippen LogP contribution in [0.4, 0.5) is 0 Å². The van der Waals surface area contributed by atoms with E-state index in [2.05, 4.69) is 9.88 Å². The minimum absolute atomic E-state index is 0.713. The quantitative estimate of drug-likeness (QED) is 0.792.